The first-order valence-electron chi connectivity index (χ1n) is 7.14. The number of fused-ring (bicyclic) bond motifs is 1. The molecule has 0 amide bonds. The summed E-state index contributed by atoms with van der Waals surface area (Å²) in [6.45, 7) is 4.58. The molecule has 1 heterocycles. The summed E-state index contributed by atoms with van der Waals surface area (Å²) in [5.41, 5.74) is 2.07. The van der Waals surface area contributed by atoms with Gasteiger partial charge >= 0.3 is 0 Å². The highest BCUT2D eigenvalue weighted by atomic mass is 32.1. The summed E-state index contributed by atoms with van der Waals surface area (Å²) in [7, 11) is 1.67. The number of nitrogens with one attached hydrogen (secondary N) is 1. The van der Waals surface area contributed by atoms with E-state index in [-0.39, 0.29) is 0 Å². The number of methoxy groups -OCH3 is 1. The zero-order valence-corrected chi connectivity index (χ0v) is 13.5. The zero-order chi connectivity index (χ0) is 15.1. The van der Waals surface area contributed by atoms with Crippen molar-refractivity contribution in [3.8, 4) is 11.6 Å². The molecule has 0 spiro atoms. The lowest BCUT2D eigenvalue weighted by molar-refractivity contribution is 0.298. The third-order valence-corrected chi connectivity index (χ3v) is 3.46. The van der Waals surface area contributed by atoms with E-state index < -0.39 is 0 Å². The largest absolute Gasteiger partial charge is 0.497 e. The van der Waals surface area contributed by atoms with E-state index in [9.17, 15) is 0 Å². The second kappa shape index (κ2) is 8.10. The van der Waals surface area contributed by atoms with Gasteiger partial charge in [-0.25, -0.2) is 4.98 Å². The van der Waals surface area contributed by atoms with Crippen LogP contribution in [0, 0.1) is 6.92 Å². The predicted molar refractivity (Wildman–Crippen MR) is 89.9 cm³/mol. The Bertz CT molecular complexity index is 590. The van der Waals surface area contributed by atoms with Crippen LogP contribution in [0.1, 0.15) is 12.0 Å². The van der Waals surface area contributed by atoms with Crippen molar-refractivity contribution in [2.45, 2.75) is 13.3 Å². The molecule has 0 atom stereocenters. The van der Waals surface area contributed by atoms with Crippen molar-refractivity contribution in [3.05, 3.63) is 29.8 Å². The summed E-state index contributed by atoms with van der Waals surface area (Å²) in [5, 5.41) is 4.38. The lowest BCUT2D eigenvalue weighted by Crippen LogP contribution is -2.19. The summed E-state index contributed by atoms with van der Waals surface area (Å²) in [6.07, 6.45) is 0.954. The lowest BCUT2D eigenvalue weighted by Gasteiger charge is -2.10. The minimum atomic E-state index is 0.660. The molecule has 0 saturated heterocycles. The average Bonchev–Trinajstić information content (AvgIpc) is 2.50. The van der Waals surface area contributed by atoms with Crippen molar-refractivity contribution in [1.29, 1.82) is 0 Å². The van der Waals surface area contributed by atoms with E-state index in [0.717, 1.165) is 47.5 Å². The highest BCUT2D eigenvalue weighted by Gasteiger charge is 2.05. The highest BCUT2D eigenvalue weighted by molar-refractivity contribution is 7.80. The standard InChI is InChI=1S/C16H22N2O2S/c1-12-10-16(20-8-3-6-17-7-9-21)18-15-5-4-13(19-2)11-14(12)15/h4-5,10-11,17,21H,3,6-9H2,1-2H3. The van der Waals surface area contributed by atoms with Gasteiger partial charge < -0.3 is 14.8 Å². The van der Waals surface area contributed by atoms with Crippen LogP contribution in [-0.4, -0.2) is 37.5 Å². The molecule has 1 aromatic heterocycles. The number of hydrogen-bond donors (Lipinski definition) is 2. The molecular weight excluding hydrogens is 284 g/mol. The highest BCUT2D eigenvalue weighted by Crippen LogP contribution is 2.25. The van der Waals surface area contributed by atoms with Gasteiger partial charge in [-0.2, -0.15) is 12.6 Å². The minimum absolute atomic E-state index is 0.660. The molecule has 0 aliphatic rings. The van der Waals surface area contributed by atoms with E-state index in [1.165, 1.54) is 0 Å². The maximum absolute atomic E-state index is 5.73. The van der Waals surface area contributed by atoms with Gasteiger partial charge in [-0.15, -0.1) is 0 Å². The summed E-state index contributed by atoms with van der Waals surface area (Å²) in [6, 6.07) is 7.86. The number of ether oxygens (including phenoxy) is 2. The Morgan fingerprint density at radius 2 is 2.10 bits per heavy atom. The van der Waals surface area contributed by atoms with Crippen LogP contribution < -0.4 is 14.8 Å². The van der Waals surface area contributed by atoms with Crippen LogP contribution in [0.15, 0.2) is 24.3 Å². The Labute approximate surface area is 131 Å². The summed E-state index contributed by atoms with van der Waals surface area (Å²) in [4.78, 5) is 4.54. The summed E-state index contributed by atoms with van der Waals surface area (Å²) >= 11 is 4.15. The molecule has 0 saturated carbocycles. The van der Waals surface area contributed by atoms with Crippen LogP contribution in [0.4, 0.5) is 0 Å². The number of aromatic nitrogens is 1. The molecule has 5 heteroatoms. The van der Waals surface area contributed by atoms with Gasteiger partial charge in [-0.3, -0.25) is 0 Å². The van der Waals surface area contributed by atoms with Gasteiger partial charge in [-0.05, 0) is 43.7 Å². The van der Waals surface area contributed by atoms with Gasteiger partial charge in [0.15, 0.2) is 0 Å². The maximum atomic E-state index is 5.73. The van der Waals surface area contributed by atoms with Crippen molar-refractivity contribution in [3.63, 3.8) is 0 Å². The van der Waals surface area contributed by atoms with Gasteiger partial charge in [0.25, 0.3) is 0 Å². The molecule has 114 valence electrons. The van der Waals surface area contributed by atoms with Crippen molar-refractivity contribution < 1.29 is 9.47 Å². The van der Waals surface area contributed by atoms with Gasteiger partial charge in [-0.1, -0.05) is 0 Å². The van der Waals surface area contributed by atoms with Gasteiger partial charge in [0.2, 0.25) is 5.88 Å². The average molecular weight is 306 g/mol. The van der Waals surface area contributed by atoms with Crippen molar-refractivity contribution in [2.75, 3.05) is 32.6 Å². The second-order valence-electron chi connectivity index (χ2n) is 4.84. The Kier molecular flexibility index (Phi) is 6.14. The molecule has 0 unspecified atom stereocenters. The molecule has 0 radical (unpaired) electrons. The number of hydrogen-bond acceptors (Lipinski definition) is 5. The number of pyridine rings is 1. The first-order chi connectivity index (χ1) is 10.2. The summed E-state index contributed by atoms with van der Waals surface area (Å²) < 4.78 is 11.0. The molecule has 4 nitrogen and oxygen atoms in total. The molecule has 1 aromatic carbocycles. The number of thiol groups is 1. The number of benzene rings is 1. The fourth-order valence-electron chi connectivity index (χ4n) is 2.12. The molecule has 1 N–H and O–H groups in total. The third-order valence-electron chi connectivity index (χ3n) is 3.24. The molecule has 0 bridgehead atoms. The van der Waals surface area contributed by atoms with E-state index in [0.29, 0.717) is 12.5 Å². The molecule has 2 rings (SSSR count). The molecule has 0 aliphatic carbocycles. The number of nitrogens with zero attached hydrogens (tertiary/aromatic N) is 1. The molecule has 0 aliphatic heterocycles. The maximum Gasteiger partial charge on any atom is 0.214 e. The monoisotopic (exact) mass is 306 g/mol. The smallest absolute Gasteiger partial charge is 0.214 e. The Morgan fingerprint density at radius 3 is 2.86 bits per heavy atom. The first kappa shape index (κ1) is 15.9. The van der Waals surface area contributed by atoms with Crippen molar-refractivity contribution in [1.82, 2.24) is 10.3 Å². The third kappa shape index (κ3) is 4.51. The van der Waals surface area contributed by atoms with E-state index in [4.69, 9.17) is 9.47 Å². The Hall–Kier alpha value is -1.46. The molecule has 21 heavy (non-hydrogen) atoms. The van der Waals surface area contributed by atoms with Crippen molar-refractivity contribution in [2.24, 2.45) is 0 Å². The normalized spacial score (nSPS) is 10.8. The van der Waals surface area contributed by atoms with Crippen LogP contribution in [0.5, 0.6) is 11.6 Å². The van der Waals surface area contributed by atoms with Crippen LogP contribution >= 0.6 is 12.6 Å². The zero-order valence-electron chi connectivity index (χ0n) is 12.6. The minimum Gasteiger partial charge on any atom is -0.497 e. The van der Waals surface area contributed by atoms with E-state index in [1.54, 1.807) is 7.11 Å². The molecule has 2 aromatic rings. The fraction of sp³-hybridized carbons (Fsp3) is 0.438. The van der Waals surface area contributed by atoms with Crippen LogP contribution in [-0.2, 0) is 0 Å². The van der Waals surface area contributed by atoms with Crippen LogP contribution in [0.3, 0.4) is 0 Å². The van der Waals surface area contributed by atoms with Gasteiger partial charge in [0.1, 0.15) is 5.75 Å². The van der Waals surface area contributed by atoms with Gasteiger partial charge in [0, 0.05) is 23.8 Å². The number of aryl methyl sites for hydroxylation is 1. The SMILES string of the molecule is COc1ccc2nc(OCCCNCCS)cc(C)c2c1. The fourth-order valence-corrected chi connectivity index (χ4v) is 2.28. The van der Waals surface area contributed by atoms with Crippen molar-refractivity contribution >= 4 is 23.5 Å². The summed E-state index contributed by atoms with van der Waals surface area (Å²) in [5.74, 6) is 2.38. The Morgan fingerprint density at radius 1 is 1.24 bits per heavy atom. The van der Waals surface area contributed by atoms with Crippen LogP contribution in [0.2, 0.25) is 0 Å². The predicted octanol–water partition coefficient (Wildman–Crippen LogP) is 2.84. The van der Waals surface area contributed by atoms with E-state index in [2.05, 4.69) is 29.9 Å². The lowest BCUT2D eigenvalue weighted by atomic mass is 10.1. The van der Waals surface area contributed by atoms with Gasteiger partial charge in [0.05, 0.1) is 19.2 Å². The first-order valence-corrected chi connectivity index (χ1v) is 7.77. The Balaban J connectivity index is 1.98. The molecule has 0 fully saturated rings. The van der Waals surface area contributed by atoms with Crippen LogP contribution in [0.25, 0.3) is 10.9 Å². The quantitative estimate of drug-likeness (QED) is 0.581. The second-order valence-corrected chi connectivity index (χ2v) is 5.28. The molecular formula is C16H22N2O2S. The topological polar surface area (TPSA) is 43.4 Å². The van der Waals surface area contributed by atoms with E-state index in [1.807, 2.05) is 24.3 Å². The number of rotatable bonds is 8. The van der Waals surface area contributed by atoms with E-state index >= 15 is 0 Å².